The Morgan fingerprint density at radius 1 is 1.32 bits per heavy atom. The van der Waals surface area contributed by atoms with E-state index in [2.05, 4.69) is 31.4 Å². The molecule has 0 spiro atoms. The zero-order valence-corrected chi connectivity index (χ0v) is 12.4. The number of amides is 1. The summed E-state index contributed by atoms with van der Waals surface area (Å²) in [5.74, 6) is -0.582. The van der Waals surface area contributed by atoms with Crippen molar-refractivity contribution in [2.75, 3.05) is 5.32 Å². The minimum Gasteiger partial charge on any atom is -0.400 e. The highest BCUT2D eigenvalue weighted by Gasteiger charge is 2.26. The van der Waals surface area contributed by atoms with Gasteiger partial charge in [0.25, 0.3) is 5.91 Å². The van der Waals surface area contributed by atoms with Crippen molar-refractivity contribution in [2.24, 2.45) is 10.2 Å². The van der Waals surface area contributed by atoms with Gasteiger partial charge in [0, 0.05) is 10.0 Å². The largest absolute Gasteiger partial charge is 0.433 e. The minimum absolute atomic E-state index is 0.161. The zero-order chi connectivity index (χ0) is 15.7. The Labute approximate surface area is 131 Å². The number of rotatable bonds is 3. The first-order valence-corrected chi connectivity index (χ1v) is 6.80. The molecule has 0 bridgehead atoms. The maximum Gasteiger partial charge on any atom is 0.433 e. The highest BCUT2D eigenvalue weighted by atomic mass is 79.9. The topological polar surface area (TPSA) is 110 Å². The molecule has 0 atom stereocenters. The van der Waals surface area contributed by atoms with Crippen molar-refractivity contribution in [3.8, 4) is 0 Å². The van der Waals surface area contributed by atoms with Gasteiger partial charge in [-0.15, -0.1) is 5.10 Å². The van der Waals surface area contributed by atoms with Crippen LogP contribution in [0.1, 0.15) is 11.3 Å². The molecule has 0 radical (unpaired) electrons. The molecule has 0 saturated carbocycles. The summed E-state index contributed by atoms with van der Waals surface area (Å²) in [4.78, 5) is 21.7. The second kappa shape index (κ2) is 5.53. The second-order valence-corrected chi connectivity index (χ2v) is 5.19. The monoisotopic (exact) mass is 362 g/mol. The van der Waals surface area contributed by atoms with E-state index in [0.29, 0.717) is 11.3 Å². The van der Waals surface area contributed by atoms with Crippen LogP contribution >= 0.6 is 15.9 Å². The van der Waals surface area contributed by atoms with Gasteiger partial charge in [-0.1, -0.05) is 15.9 Å². The number of halogens is 1. The normalized spacial score (nSPS) is 15.3. The first-order valence-electron chi connectivity index (χ1n) is 6.01. The standard InChI is InChI=1S/C13H7BrN4O4/c14-7-1-3-10-9(5-7)12(13(19)16-10)17-15-6-8-2-4-11(22-8)18(20)21/h1-6H,(H,16,17,19)/b15-6+. The Hall–Kier alpha value is -2.81. The van der Waals surface area contributed by atoms with E-state index >= 15 is 0 Å². The van der Waals surface area contributed by atoms with Gasteiger partial charge in [-0.2, -0.15) is 5.10 Å². The molecule has 0 unspecified atom stereocenters. The van der Waals surface area contributed by atoms with E-state index in [-0.39, 0.29) is 23.3 Å². The third-order valence-corrected chi connectivity index (χ3v) is 3.33. The van der Waals surface area contributed by atoms with E-state index in [4.69, 9.17) is 4.42 Å². The fraction of sp³-hybridized carbons (Fsp3) is 0. The van der Waals surface area contributed by atoms with Gasteiger partial charge in [-0.3, -0.25) is 14.9 Å². The summed E-state index contributed by atoms with van der Waals surface area (Å²) in [6.45, 7) is 0. The molecule has 0 saturated heterocycles. The summed E-state index contributed by atoms with van der Waals surface area (Å²) in [5.41, 5.74) is 1.44. The fourth-order valence-electron chi connectivity index (χ4n) is 1.88. The average molecular weight is 363 g/mol. The maximum absolute atomic E-state index is 11.8. The molecule has 1 aromatic heterocycles. The third kappa shape index (κ3) is 2.66. The smallest absolute Gasteiger partial charge is 0.400 e. The van der Waals surface area contributed by atoms with Gasteiger partial charge < -0.3 is 9.73 Å². The Bertz CT molecular complexity index is 840. The molecule has 3 rings (SSSR count). The van der Waals surface area contributed by atoms with Crippen molar-refractivity contribution in [3.05, 3.63) is 56.2 Å². The molecular weight excluding hydrogens is 356 g/mol. The molecule has 0 aliphatic carbocycles. The first kappa shape index (κ1) is 14.1. The molecule has 1 N–H and O–H groups in total. The van der Waals surface area contributed by atoms with E-state index in [1.807, 2.05) is 0 Å². The third-order valence-electron chi connectivity index (χ3n) is 2.84. The van der Waals surface area contributed by atoms with Crippen LogP contribution in [-0.4, -0.2) is 22.8 Å². The SMILES string of the molecule is O=C1Nc2ccc(Br)cc2/C1=N\N=C\c1ccc([N+](=O)[O-])o1. The van der Waals surface area contributed by atoms with Crippen molar-refractivity contribution >= 4 is 45.3 Å². The van der Waals surface area contributed by atoms with Crippen molar-refractivity contribution in [1.29, 1.82) is 0 Å². The molecule has 1 amide bonds. The quantitative estimate of drug-likeness (QED) is 0.514. The Morgan fingerprint density at radius 2 is 2.14 bits per heavy atom. The van der Waals surface area contributed by atoms with Crippen LogP contribution in [0.25, 0.3) is 0 Å². The molecule has 8 nitrogen and oxygen atoms in total. The number of nitrogens with one attached hydrogen (secondary N) is 1. The number of nitro groups is 1. The summed E-state index contributed by atoms with van der Waals surface area (Å²) in [6, 6.07) is 7.90. The lowest BCUT2D eigenvalue weighted by Crippen LogP contribution is -2.13. The Balaban J connectivity index is 1.86. The molecule has 2 aromatic rings. The van der Waals surface area contributed by atoms with Crippen molar-refractivity contribution in [1.82, 2.24) is 0 Å². The van der Waals surface area contributed by atoms with E-state index in [1.54, 1.807) is 18.2 Å². The highest BCUT2D eigenvalue weighted by Crippen LogP contribution is 2.26. The number of hydrogen-bond donors (Lipinski definition) is 1. The van der Waals surface area contributed by atoms with Gasteiger partial charge in [0.1, 0.15) is 4.92 Å². The average Bonchev–Trinajstić information content (AvgIpc) is 3.05. The maximum atomic E-state index is 11.8. The molecule has 2 heterocycles. The summed E-state index contributed by atoms with van der Waals surface area (Å²) in [7, 11) is 0. The number of carbonyl (C=O) groups is 1. The van der Waals surface area contributed by atoms with Crippen LogP contribution in [0.4, 0.5) is 11.6 Å². The van der Waals surface area contributed by atoms with Gasteiger partial charge in [-0.25, -0.2) is 0 Å². The number of fused-ring (bicyclic) bond motifs is 1. The van der Waals surface area contributed by atoms with Crippen molar-refractivity contribution in [2.45, 2.75) is 0 Å². The molecule has 1 aliphatic rings. The fourth-order valence-corrected chi connectivity index (χ4v) is 2.24. The summed E-state index contributed by atoms with van der Waals surface area (Å²) < 4.78 is 5.71. The van der Waals surface area contributed by atoms with Crippen LogP contribution in [0.15, 0.2) is 49.4 Å². The molecule has 1 aromatic carbocycles. The predicted octanol–water partition coefficient (Wildman–Crippen LogP) is 2.73. The van der Waals surface area contributed by atoms with Gasteiger partial charge in [0.2, 0.25) is 0 Å². The van der Waals surface area contributed by atoms with Gasteiger partial charge >= 0.3 is 5.88 Å². The Morgan fingerprint density at radius 3 is 2.86 bits per heavy atom. The second-order valence-electron chi connectivity index (χ2n) is 4.27. The predicted molar refractivity (Wildman–Crippen MR) is 82.3 cm³/mol. The van der Waals surface area contributed by atoms with E-state index in [1.165, 1.54) is 18.3 Å². The van der Waals surface area contributed by atoms with Crippen molar-refractivity contribution < 1.29 is 14.1 Å². The van der Waals surface area contributed by atoms with Crippen molar-refractivity contribution in [3.63, 3.8) is 0 Å². The minimum atomic E-state index is -0.651. The number of hydrogen-bond acceptors (Lipinski definition) is 6. The summed E-state index contributed by atoms with van der Waals surface area (Å²) >= 11 is 3.32. The Kier molecular flexibility index (Phi) is 3.55. The first-order chi connectivity index (χ1) is 10.5. The lowest BCUT2D eigenvalue weighted by molar-refractivity contribution is -0.402. The van der Waals surface area contributed by atoms with E-state index in [9.17, 15) is 14.9 Å². The molecule has 0 fully saturated rings. The number of nitrogens with zero attached hydrogens (tertiary/aromatic N) is 3. The summed E-state index contributed by atoms with van der Waals surface area (Å²) in [5, 5.41) is 20.8. The molecule has 22 heavy (non-hydrogen) atoms. The van der Waals surface area contributed by atoms with Crippen LogP contribution in [0, 0.1) is 10.1 Å². The highest BCUT2D eigenvalue weighted by molar-refractivity contribution is 9.10. The molecule has 1 aliphatic heterocycles. The van der Waals surface area contributed by atoms with Crippen LogP contribution in [0.2, 0.25) is 0 Å². The molecule has 9 heteroatoms. The van der Waals surface area contributed by atoms with E-state index < -0.39 is 4.92 Å². The molecule has 110 valence electrons. The number of benzene rings is 1. The van der Waals surface area contributed by atoms with Gasteiger partial charge in [-0.05, 0) is 24.3 Å². The van der Waals surface area contributed by atoms with E-state index in [0.717, 1.165) is 4.47 Å². The molecular formula is C13H7BrN4O4. The van der Waals surface area contributed by atoms with Crippen LogP contribution < -0.4 is 5.32 Å². The van der Waals surface area contributed by atoms with Crippen LogP contribution in [0.3, 0.4) is 0 Å². The number of furan rings is 1. The zero-order valence-electron chi connectivity index (χ0n) is 10.8. The number of anilines is 1. The lowest BCUT2D eigenvalue weighted by Gasteiger charge is -1.96. The van der Waals surface area contributed by atoms with Gasteiger partial charge in [0.15, 0.2) is 11.5 Å². The van der Waals surface area contributed by atoms with Crippen LogP contribution in [-0.2, 0) is 4.79 Å². The lowest BCUT2D eigenvalue weighted by atomic mass is 10.1. The summed E-state index contributed by atoms with van der Waals surface area (Å²) in [6.07, 6.45) is 1.20. The number of carbonyl (C=O) groups excluding carboxylic acids is 1. The van der Waals surface area contributed by atoms with Gasteiger partial charge in [0.05, 0.1) is 18.0 Å². The van der Waals surface area contributed by atoms with Crippen LogP contribution in [0.5, 0.6) is 0 Å².